The maximum atomic E-state index is 12.2. The van der Waals surface area contributed by atoms with E-state index in [-0.39, 0.29) is 4.90 Å². The molecule has 2 rings (SSSR count). The van der Waals surface area contributed by atoms with Crippen molar-refractivity contribution in [1.29, 1.82) is 5.26 Å². The minimum atomic E-state index is -3.68. The van der Waals surface area contributed by atoms with Gasteiger partial charge in [-0.2, -0.15) is 5.26 Å². The van der Waals surface area contributed by atoms with E-state index in [0.29, 0.717) is 23.6 Å². The molecule has 0 saturated carbocycles. The van der Waals surface area contributed by atoms with Crippen LogP contribution in [-0.4, -0.2) is 15.0 Å². The van der Waals surface area contributed by atoms with Gasteiger partial charge in [0.25, 0.3) is 10.0 Å². The monoisotopic (exact) mass is 302 g/mol. The molecule has 1 N–H and O–H groups in total. The summed E-state index contributed by atoms with van der Waals surface area (Å²) < 4.78 is 32.2. The summed E-state index contributed by atoms with van der Waals surface area (Å²) in [6, 6.07) is 14.4. The van der Waals surface area contributed by atoms with Gasteiger partial charge in [-0.05, 0) is 49.4 Å². The minimum Gasteiger partial charge on any atom is -0.494 e. The average molecular weight is 302 g/mol. The summed E-state index contributed by atoms with van der Waals surface area (Å²) >= 11 is 0. The Morgan fingerprint density at radius 2 is 1.90 bits per heavy atom. The summed E-state index contributed by atoms with van der Waals surface area (Å²) in [4.78, 5) is 0.133. The van der Waals surface area contributed by atoms with Crippen molar-refractivity contribution >= 4 is 15.7 Å². The van der Waals surface area contributed by atoms with Gasteiger partial charge in [-0.25, -0.2) is 8.42 Å². The van der Waals surface area contributed by atoms with E-state index in [9.17, 15) is 8.42 Å². The summed E-state index contributed by atoms with van der Waals surface area (Å²) in [5, 5.41) is 8.82. The van der Waals surface area contributed by atoms with E-state index in [1.165, 1.54) is 18.2 Å². The lowest BCUT2D eigenvalue weighted by molar-refractivity contribution is 0.340. The molecule has 0 unspecified atom stereocenters. The van der Waals surface area contributed by atoms with Gasteiger partial charge in [0, 0.05) is 0 Å². The van der Waals surface area contributed by atoms with Gasteiger partial charge in [-0.15, -0.1) is 0 Å². The van der Waals surface area contributed by atoms with Gasteiger partial charge in [0.15, 0.2) is 0 Å². The van der Waals surface area contributed by atoms with Crippen LogP contribution in [0.4, 0.5) is 5.69 Å². The molecule has 5 nitrogen and oxygen atoms in total. The first kappa shape index (κ1) is 14.9. The second kappa shape index (κ2) is 6.29. The zero-order valence-corrected chi connectivity index (χ0v) is 12.2. The molecule has 0 fully saturated rings. The van der Waals surface area contributed by atoms with Crippen LogP contribution in [0.1, 0.15) is 12.5 Å². The third-order valence-electron chi connectivity index (χ3n) is 2.69. The van der Waals surface area contributed by atoms with Gasteiger partial charge in [0.2, 0.25) is 0 Å². The van der Waals surface area contributed by atoms with Crippen LogP contribution in [0.5, 0.6) is 5.75 Å². The molecule has 0 aliphatic heterocycles. The molecule has 0 aliphatic rings. The van der Waals surface area contributed by atoms with Crippen LogP contribution in [0, 0.1) is 11.3 Å². The third kappa shape index (κ3) is 3.74. The van der Waals surface area contributed by atoms with Crippen LogP contribution in [0.15, 0.2) is 53.4 Å². The second-order valence-electron chi connectivity index (χ2n) is 4.20. The van der Waals surface area contributed by atoms with Crippen molar-refractivity contribution in [2.45, 2.75) is 11.8 Å². The van der Waals surface area contributed by atoms with Gasteiger partial charge < -0.3 is 4.74 Å². The highest BCUT2D eigenvalue weighted by molar-refractivity contribution is 7.92. The Morgan fingerprint density at radius 3 is 2.52 bits per heavy atom. The van der Waals surface area contributed by atoms with E-state index in [1.54, 1.807) is 30.3 Å². The predicted molar refractivity (Wildman–Crippen MR) is 79.6 cm³/mol. The lowest BCUT2D eigenvalue weighted by atomic mass is 10.2. The van der Waals surface area contributed by atoms with E-state index in [0.717, 1.165) is 0 Å². The molecule has 0 aromatic heterocycles. The van der Waals surface area contributed by atoms with Crippen LogP contribution in [0.3, 0.4) is 0 Å². The fraction of sp³-hybridized carbons (Fsp3) is 0.133. The van der Waals surface area contributed by atoms with Crippen LogP contribution < -0.4 is 9.46 Å². The van der Waals surface area contributed by atoms with Crippen molar-refractivity contribution in [3.63, 3.8) is 0 Å². The van der Waals surface area contributed by atoms with Crippen molar-refractivity contribution in [2.75, 3.05) is 11.3 Å². The van der Waals surface area contributed by atoms with E-state index < -0.39 is 10.0 Å². The molecular weight excluding hydrogens is 288 g/mol. The maximum Gasteiger partial charge on any atom is 0.261 e. The largest absolute Gasteiger partial charge is 0.494 e. The van der Waals surface area contributed by atoms with Crippen molar-refractivity contribution in [1.82, 2.24) is 0 Å². The number of benzene rings is 2. The number of anilines is 1. The number of nitriles is 1. The summed E-state index contributed by atoms with van der Waals surface area (Å²) in [6.45, 7) is 2.37. The Bertz CT molecular complexity index is 762. The van der Waals surface area contributed by atoms with Gasteiger partial charge >= 0.3 is 0 Å². The van der Waals surface area contributed by atoms with Crippen LogP contribution in [0.25, 0.3) is 0 Å². The van der Waals surface area contributed by atoms with E-state index in [2.05, 4.69) is 4.72 Å². The molecule has 0 atom stereocenters. The van der Waals surface area contributed by atoms with Gasteiger partial charge in [0.1, 0.15) is 5.75 Å². The van der Waals surface area contributed by atoms with Crippen molar-refractivity contribution in [3.05, 3.63) is 54.1 Å². The van der Waals surface area contributed by atoms with E-state index in [4.69, 9.17) is 10.00 Å². The molecule has 0 amide bonds. The first-order valence-electron chi connectivity index (χ1n) is 6.31. The molecule has 0 radical (unpaired) electrons. The fourth-order valence-corrected chi connectivity index (χ4v) is 2.80. The highest BCUT2D eigenvalue weighted by Crippen LogP contribution is 2.19. The molecule has 6 heteroatoms. The molecule has 0 spiro atoms. The molecule has 0 heterocycles. The van der Waals surface area contributed by atoms with Crippen LogP contribution >= 0.6 is 0 Å². The SMILES string of the molecule is CCOc1ccc(S(=O)(=O)Nc2cccc(C#N)c2)cc1. The smallest absolute Gasteiger partial charge is 0.261 e. The summed E-state index contributed by atoms with van der Waals surface area (Å²) in [7, 11) is -3.68. The Labute approximate surface area is 123 Å². The number of nitrogens with zero attached hydrogens (tertiary/aromatic N) is 1. The topological polar surface area (TPSA) is 79.2 Å². The number of ether oxygens (including phenoxy) is 1. The molecule has 2 aromatic rings. The quantitative estimate of drug-likeness (QED) is 0.921. The van der Waals surface area contributed by atoms with Crippen molar-refractivity contribution in [3.8, 4) is 11.8 Å². The Balaban J connectivity index is 2.23. The van der Waals surface area contributed by atoms with Gasteiger partial charge in [-0.3, -0.25) is 4.72 Å². The van der Waals surface area contributed by atoms with E-state index in [1.807, 2.05) is 13.0 Å². The van der Waals surface area contributed by atoms with Crippen LogP contribution in [-0.2, 0) is 10.0 Å². The van der Waals surface area contributed by atoms with Gasteiger partial charge in [0.05, 0.1) is 28.8 Å². The number of rotatable bonds is 5. The average Bonchev–Trinajstić information content (AvgIpc) is 2.48. The van der Waals surface area contributed by atoms with Crippen LogP contribution in [0.2, 0.25) is 0 Å². The number of hydrogen-bond donors (Lipinski definition) is 1. The lowest BCUT2D eigenvalue weighted by Gasteiger charge is -2.09. The molecule has 2 aromatic carbocycles. The number of nitrogens with one attached hydrogen (secondary N) is 1. The molecule has 0 bridgehead atoms. The Hall–Kier alpha value is -2.52. The molecular formula is C15H14N2O3S. The minimum absolute atomic E-state index is 0.133. The van der Waals surface area contributed by atoms with Gasteiger partial charge in [-0.1, -0.05) is 6.07 Å². The highest BCUT2D eigenvalue weighted by atomic mass is 32.2. The fourth-order valence-electron chi connectivity index (χ4n) is 1.75. The molecule has 108 valence electrons. The number of sulfonamides is 1. The Morgan fingerprint density at radius 1 is 1.19 bits per heavy atom. The summed E-state index contributed by atoms with van der Waals surface area (Å²) in [6.07, 6.45) is 0. The zero-order valence-electron chi connectivity index (χ0n) is 11.4. The standard InChI is InChI=1S/C15H14N2O3S/c1-2-20-14-6-8-15(9-7-14)21(18,19)17-13-5-3-4-12(10-13)11-16/h3-10,17H,2H2,1H3. The number of hydrogen-bond acceptors (Lipinski definition) is 4. The Kier molecular flexibility index (Phi) is 4.45. The summed E-state index contributed by atoms with van der Waals surface area (Å²) in [5.41, 5.74) is 0.741. The zero-order chi connectivity index (χ0) is 15.3. The summed E-state index contributed by atoms with van der Waals surface area (Å²) in [5.74, 6) is 0.614. The van der Waals surface area contributed by atoms with Crippen molar-refractivity contribution in [2.24, 2.45) is 0 Å². The third-order valence-corrected chi connectivity index (χ3v) is 4.09. The molecule has 21 heavy (non-hydrogen) atoms. The predicted octanol–water partition coefficient (Wildman–Crippen LogP) is 2.76. The second-order valence-corrected chi connectivity index (χ2v) is 5.88. The lowest BCUT2D eigenvalue weighted by Crippen LogP contribution is -2.12. The van der Waals surface area contributed by atoms with Crippen molar-refractivity contribution < 1.29 is 13.2 Å². The first-order chi connectivity index (χ1) is 10.0. The normalized spacial score (nSPS) is 10.7. The molecule has 0 aliphatic carbocycles. The highest BCUT2D eigenvalue weighted by Gasteiger charge is 2.14. The first-order valence-corrected chi connectivity index (χ1v) is 7.79. The molecule has 0 saturated heterocycles. The van der Waals surface area contributed by atoms with E-state index >= 15 is 0 Å². The maximum absolute atomic E-state index is 12.2.